The van der Waals surface area contributed by atoms with Crippen LogP contribution >= 0.6 is 15.9 Å². The molecule has 0 heterocycles. The molecule has 0 saturated carbocycles. The van der Waals surface area contributed by atoms with E-state index in [-0.39, 0.29) is 11.7 Å². The van der Waals surface area contributed by atoms with E-state index in [1.807, 2.05) is 0 Å². The molecule has 96 valence electrons. The van der Waals surface area contributed by atoms with Crippen molar-refractivity contribution in [3.05, 3.63) is 46.2 Å². The van der Waals surface area contributed by atoms with Gasteiger partial charge in [-0.05, 0) is 59.3 Å². The zero-order valence-electron chi connectivity index (χ0n) is 9.96. The number of amides is 1. The van der Waals surface area contributed by atoms with E-state index in [2.05, 4.69) is 33.4 Å². The lowest BCUT2D eigenvalue weighted by Gasteiger charge is -2.18. The number of carbonyl (C=O) groups is 1. The fourth-order valence-electron chi connectivity index (χ4n) is 2.05. The summed E-state index contributed by atoms with van der Waals surface area (Å²) in [5, 5.41) is 2.90. The van der Waals surface area contributed by atoms with Crippen LogP contribution in [0.2, 0.25) is 0 Å². The van der Waals surface area contributed by atoms with Crippen molar-refractivity contribution in [2.75, 3.05) is 6.54 Å². The average Bonchev–Trinajstić information content (AvgIpc) is 2.37. The topological polar surface area (TPSA) is 29.1 Å². The summed E-state index contributed by atoms with van der Waals surface area (Å²) in [7, 11) is 0. The molecule has 2 nitrogen and oxygen atoms in total. The Morgan fingerprint density at radius 3 is 2.94 bits per heavy atom. The van der Waals surface area contributed by atoms with Crippen molar-refractivity contribution in [1.82, 2.24) is 5.32 Å². The van der Waals surface area contributed by atoms with E-state index < -0.39 is 0 Å². The molecule has 1 N–H and O–H groups in total. The molecule has 18 heavy (non-hydrogen) atoms. The minimum absolute atomic E-state index is 0.156. The SMILES string of the molecule is O=C(NCC1CC=CCC1)c1ccc(F)cc1Br. The van der Waals surface area contributed by atoms with E-state index in [9.17, 15) is 9.18 Å². The minimum Gasteiger partial charge on any atom is -0.352 e. The molecule has 0 aromatic heterocycles. The van der Waals surface area contributed by atoms with Crippen molar-refractivity contribution in [3.63, 3.8) is 0 Å². The lowest BCUT2D eigenvalue weighted by molar-refractivity contribution is 0.0945. The molecule has 0 spiro atoms. The summed E-state index contributed by atoms with van der Waals surface area (Å²) in [6.45, 7) is 0.674. The Morgan fingerprint density at radius 1 is 1.44 bits per heavy atom. The van der Waals surface area contributed by atoms with Crippen LogP contribution in [-0.4, -0.2) is 12.5 Å². The summed E-state index contributed by atoms with van der Waals surface area (Å²) in [4.78, 5) is 11.9. The van der Waals surface area contributed by atoms with E-state index in [1.54, 1.807) is 0 Å². The van der Waals surface area contributed by atoms with Gasteiger partial charge in [-0.25, -0.2) is 4.39 Å². The van der Waals surface area contributed by atoms with Crippen molar-refractivity contribution >= 4 is 21.8 Å². The third-order valence-electron chi connectivity index (χ3n) is 3.10. The number of carbonyl (C=O) groups excluding carboxylic acids is 1. The zero-order valence-corrected chi connectivity index (χ0v) is 11.5. The third kappa shape index (κ3) is 3.42. The maximum Gasteiger partial charge on any atom is 0.252 e. The van der Waals surface area contributed by atoms with Crippen LogP contribution in [-0.2, 0) is 0 Å². The molecule has 2 rings (SSSR count). The lowest BCUT2D eigenvalue weighted by atomic mass is 9.94. The second kappa shape index (κ2) is 6.14. The van der Waals surface area contributed by atoms with Crippen LogP contribution in [0.25, 0.3) is 0 Å². The number of halogens is 2. The average molecular weight is 312 g/mol. The molecule has 4 heteroatoms. The van der Waals surface area contributed by atoms with Gasteiger partial charge in [0.1, 0.15) is 5.82 Å². The fourth-order valence-corrected chi connectivity index (χ4v) is 2.58. The van der Waals surface area contributed by atoms with Crippen molar-refractivity contribution < 1.29 is 9.18 Å². The molecule has 0 radical (unpaired) electrons. The molecule has 1 unspecified atom stereocenters. The predicted molar refractivity (Wildman–Crippen MR) is 72.9 cm³/mol. The summed E-state index contributed by atoms with van der Waals surface area (Å²) < 4.78 is 13.4. The Hall–Kier alpha value is -1.16. The number of benzene rings is 1. The second-order valence-electron chi connectivity index (χ2n) is 4.48. The number of allylic oxidation sites excluding steroid dienone is 2. The third-order valence-corrected chi connectivity index (χ3v) is 3.76. The van der Waals surface area contributed by atoms with Gasteiger partial charge in [-0.3, -0.25) is 4.79 Å². The van der Waals surface area contributed by atoms with Gasteiger partial charge >= 0.3 is 0 Å². The molecule has 0 saturated heterocycles. The Bertz CT molecular complexity index is 473. The van der Waals surface area contributed by atoms with E-state index in [1.165, 1.54) is 18.2 Å². The van der Waals surface area contributed by atoms with Gasteiger partial charge in [0.25, 0.3) is 5.91 Å². The second-order valence-corrected chi connectivity index (χ2v) is 5.34. The molecule has 1 aromatic rings. The van der Waals surface area contributed by atoms with Gasteiger partial charge in [-0.1, -0.05) is 12.2 Å². The quantitative estimate of drug-likeness (QED) is 0.848. The van der Waals surface area contributed by atoms with E-state index in [0.717, 1.165) is 19.3 Å². The lowest BCUT2D eigenvalue weighted by Crippen LogP contribution is -2.29. The summed E-state index contributed by atoms with van der Waals surface area (Å²) in [6, 6.07) is 4.09. The van der Waals surface area contributed by atoms with Gasteiger partial charge in [-0.2, -0.15) is 0 Å². The van der Waals surface area contributed by atoms with Crippen LogP contribution in [0.3, 0.4) is 0 Å². The molecule has 1 amide bonds. The Morgan fingerprint density at radius 2 is 2.28 bits per heavy atom. The summed E-state index contributed by atoms with van der Waals surface area (Å²) >= 11 is 3.20. The largest absolute Gasteiger partial charge is 0.352 e. The van der Waals surface area contributed by atoms with Gasteiger partial charge < -0.3 is 5.32 Å². The van der Waals surface area contributed by atoms with Crippen LogP contribution in [0.1, 0.15) is 29.6 Å². The Labute approximate surface area is 114 Å². The normalized spacial score (nSPS) is 18.7. The maximum absolute atomic E-state index is 12.9. The molecular weight excluding hydrogens is 297 g/mol. The molecule has 1 atom stereocenters. The molecule has 1 aliphatic carbocycles. The van der Waals surface area contributed by atoms with Crippen LogP contribution in [0.15, 0.2) is 34.8 Å². The van der Waals surface area contributed by atoms with Crippen molar-refractivity contribution in [3.8, 4) is 0 Å². The monoisotopic (exact) mass is 311 g/mol. The molecule has 0 bridgehead atoms. The molecule has 1 aliphatic rings. The standard InChI is InChI=1S/C14H15BrFNO/c15-13-8-11(16)6-7-12(13)14(18)17-9-10-4-2-1-3-5-10/h1-2,6-8,10H,3-5,9H2,(H,17,18). The molecular formula is C14H15BrFNO. The van der Waals surface area contributed by atoms with Gasteiger partial charge in [0.15, 0.2) is 0 Å². The van der Waals surface area contributed by atoms with Crippen LogP contribution < -0.4 is 5.32 Å². The van der Waals surface area contributed by atoms with E-state index in [0.29, 0.717) is 22.5 Å². The van der Waals surface area contributed by atoms with Crippen LogP contribution in [0, 0.1) is 11.7 Å². The molecule has 0 fully saturated rings. The van der Waals surface area contributed by atoms with Gasteiger partial charge in [0.2, 0.25) is 0 Å². The first-order chi connectivity index (χ1) is 8.66. The van der Waals surface area contributed by atoms with Crippen LogP contribution in [0.5, 0.6) is 0 Å². The molecule has 1 aromatic carbocycles. The van der Waals surface area contributed by atoms with Crippen molar-refractivity contribution in [2.45, 2.75) is 19.3 Å². The molecule has 0 aliphatic heterocycles. The maximum atomic E-state index is 12.9. The highest BCUT2D eigenvalue weighted by atomic mass is 79.9. The van der Waals surface area contributed by atoms with Gasteiger partial charge in [0, 0.05) is 11.0 Å². The van der Waals surface area contributed by atoms with Gasteiger partial charge in [0.05, 0.1) is 5.56 Å². The van der Waals surface area contributed by atoms with Crippen LogP contribution in [0.4, 0.5) is 4.39 Å². The summed E-state index contributed by atoms with van der Waals surface area (Å²) in [5.41, 5.74) is 0.475. The van der Waals surface area contributed by atoms with Crippen molar-refractivity contribution in [2.24, 2.45) is 5.92 Å². The van der Waals surface area contributed by atoms with E-state index in [4.69, 9.17) is 0 Å². The van der Waals surface area contributed by atoms with Gasteiger partial charge in [-0.15, -0.1) is 0 Å². The fraction of sp³-hybridized carbons (Fsp3) is 0.357. The first kappa shape index (κ1) is 13.3. The summed E-state index contributed by atoms with van der Waals surface area (Å²) in [5.74, 6) is 0.00504. The number of nitrogens with one attached hydrogen (secondary N) is 1. The first-order valence-electron chi connectivity index (χ1n) is 6.05. The van der Waals surface area contributed by atoms with Crippen molar-refractivity contribution in [1.29, 1.82) is 0 Å². The smallest absolute Gasteiger partial charge is 0.252 e. The number of rotatable bonds is 3. The van der Waals surface area contributed by atoms with E-state index >= 15 is 0 Å². The summed E-state index contributed by atoms with van der Waals surface area (Å²) in [6.07, 6.45) is 7.55. The highest BCUT2D eigenvalue weighted by Crippen LogP contribution is 2.19. The number of hydrogen-bond acceptors (Lipinski definition) is 1. The minimum atomic E-state index is -0.351. The predicted octanol–water partition coefficient (Wildman–Crippen LogP) is 3.67. The Balaban J connectivity index is 1.93. The first-order valence-corrected chi connectivity index (χ1v) is 6.84. The highest BCUT2D eigenvalue weighted by Gasteiger charge is 2.14. The number of hydrogen-bond donors (Lipinski definition) is 1. The highest BCUT2D eigenvalue weighted by molar-refractivity contribution is 9.10. The zero-order chi connectivity index (χ0) is 13.0. The Kier molecular flexibility index (Phi) is 4.53.